The lowest BCUT2D eigenvalue weighted by Crippen LogP contribution is -2.40. The highest BCUT2D eigenvalue weighted by molar-refractivity contribution is 6.33. The Morgan fingerprint density at radius 2 is 1.92 bits per heavy atom. The molecule has 3 atom stereocenters. The number of hydrogen-bond donors (Lipinski definition) is 2. The molecule has 2 aromatic carbocycles. The second-order valence-corrected chi connectivity index (χ2v) is 7.61. The van der Waals surface area contributed by atoms with Crippen molar-refractivity contribution in [1.29, 1.82) is 0 Å². The van der Waals surface area contributed by atoms with Gasteiger partial charge in [-0.25, -0.2) is 9.38 Å². The molecule has 2 saturated carbocycles. The maximum absolute atomic E-state index is 13.4. The lowest BCUT2D eigenvalue weighted by molar-refractivity contribution is 0.189. The van der Waals surface area contributed by atoms with Crippen LogP contribution in [0, 0.1) is 0 Å². The van der Waals surface area contributed by atoms with Crippen LogP contribution in [0.25, 0.3) is 0 Å². The van der Waals surface area contributed by atoms with Crippen LogP contribution in [0.15, 0.2) is 47.5 Å². The van der Waals surface area contributed by atoms with E-state index in [1.54, 1.807) is 11.0 Å². The summed E-state index contributed by atoms with van der Waals surface area (Å²) in [7, 11) is 0. The predicted molar refractivity (Wildman–Crippen MR) is 101 cm³/mol. The van der Waals surface area contributed by atoms with Crippen LogP contribution in [0.5, 0.6) is 0 Å². The SMILES string of the molecule is OC1N=C(N[C@@H]2C[C@@H]2F)c2ccc(C3CC3)cc2N1c1ccccc1Cl. The number of aliphatic hydroxyl groups is 1. The van der Waals surface area contributed by atoms with Gasteiger partial charge >= 0.3 is 0 Å². The van der Waals surface area contributed by atoms with Crippen molar-refractivity contribution in [1.82, 2.24) is 5.32 Å². The van der Waals surface area contributed by atoms with Gasteiger partial charge in [-0.1, -0.05) is 29.8 Å². The van der Waals surface area contributed by atoms with Gasteiger partial charge in [-0.2, -0.15) is 0 Å². The summed E-state index contributed by atoms with van der Waals surface area (Å²) in [6.07, 6.45) is 0.914. The van der Waals surface area contributed by atoms with E-state index >= 15 is 0 Å². The van der Waals surface area contributed by atoms with Crippen molar-refractivity contribution in [2.45, 2.75) is 43.7 Å². The molecular weight excluding hydrogens is 353 g/mol. The Balaban J connectivity index is 1.61. The van der Waals surface area contributed by atoms with Crippen LogP contribution in [-0.2, 0) is 0 Å². The Kier molecular flexibility index (Phi) is 3.69. The number of rotatable bonds is 3. The number of para-hydroxylation sites is 1. The Hall–Kier alpha value is -2.11. The Morgan fingerprint density at radius 1 is 1.15 bits per heavy atom. The van der Waals surface area contributed by atoms with Crippen LogP contribution >= 0.6 is 11.6 Å². The van der Waals surface area contributed by atoms with Gasteiger partial charge in [-0.15, -0.1) is 0 Å². The van der Waals surface area contributed by atoms with E-state index in [1.807, 2.05) is 24.3 Å². The minimum atomic E-state index is -1.11. The van der Waals surface area contributed by atoms with Gasteiger partial charge in [0, 0.05) is 12.0 Å². The largest absolute Gasteiger partial charge is 0.364 e. The Labute approximate surface area is 156 Å². The molecule has 0 amide bonds. The minimum absolute atomic E-state index is 0.219. The Morgan fingerprint density at radius 3 is 2.62 bits per heavy atom. The van der Waals surface area contributed by atoms with Gasteiger partial charge in [0.2, 0.25) is 6.35 Å². The molecule has 5 rings (SSSR count). The summed E-state index contributed by atoms with van der Waals surface area (Å²) in [5.41, 5.74) is 3.67. The van der Waals surface area contributed by atoms with E-state index in [-0.39, 0.29) is 6.04 Å². The summed E-state index contributed by atoms with van der Waals surface area (Å²) in [6.45, 7) is 0. The summed E-state index contributed by atoms with van der Waals surface area (Å²) in [6, 6.07) is 13.4. The molecule has 0 aromatic heterocycles. The third-order valence-corrected chi connectivity index (χ3v) is 5.53. The summed E-state index contributed by atoms with van der Waals surface area (Å²) < 4.78 is 13.4. The number of benzene rings is 2. The molecule has 1 heterocycles. The average molecular weight is 372 g/mol. The van der Waals surface area contributed by atoms with Crippen molar-refractivity contribution < 1.29 is 9.50 Å². The normalized spacial score (nSPS) is 27.0. The lowest BCUT2D eigenvalue weighted by atomic mass is 10.0. The lowest BCUT2D eigenvalue weighted by Gasteiger charge is -2.35. The van der Waals surface area contributed by atoms with Crippen molar-refractivity contribution in [2.24, 2.45) is 4.99 Å². The molecule has 2 fully saturated rings. The zero-order chi connectivity index (χ0) is 17.8. The van der Waals surface area contributed by atoms with Crippen molar-refractivity contribution in [2.75, 3.05) is 4.90 Å². The van der Waals surface area contributed by atoms with Gasteiger partial charge < -0.3 is 10.4 Å². The van der Waals surface area contributed by atoms with E-state index in [0.717, 1.165) is 11.3 Å². The van der Waals surface area contributed by atoms with Gasteiger partial charge in [-0.3, -0.25) is 4.90 Å². The molecule has 1 unspecified atom stereocenters. The number of amidine groups is 1. The molecule has 0 bridgehead atoms. The smallest absolute Gasteiger partial charge is 0.231 e. The fourth-order valence-electron chi connectivity index (χ4n) is 3.49. The number of nitrogens with one attached hydrogen (secondary N) is 1. The van der Waals surface area contributed by atoms with E-state index < -0.39 is 12.5 Å². The van der Waals surface area contributed by atoms with E-state index in [9.17, 15) is 9.50 Å². The average Bonchev–Trinajstić information content (AvgIpc) is 3.54. The first-order valence-electron chi connectivity index (χ1n) is 8.96. The molecule has 0 saturated heterocycles. The predicted octanol–water partition coefficient (Wildman–Crippen LogP) is 4.09. The number of nitrogens with zero attached hydrogens (tertiary/aromatic N) is 2. The minimum Gasteiger partial charge on any atom is -0.364 e. The highest BCUT2D eigenvalue weighted by Crippen LogP contribution is 2.44. The van der Waals surface area contributed by atoms with Gasteiger partial charge in [0.05, 0.1) is 22.4 Å². The molecule has 0 spiro atoms. The number of alkyl halides is 1. The van der Waals surface area contributed by atoms with Crippen molar-refractivity contribution in [3.05, 3.63) is 58.6 Å². The number of aliphatic imine (C=N–C) groups is 1. The van der Waals surface area contributed by atoms with Gasteiger partial charge in [0.15, 0.2) is 0 Å². The summed E-state index contributed by atoms with van der Waals surface area (Å²) in [4.78, 5) is 6.13. The number of aliphatic hydroxyl groups excluding tert-OH is 1. The summed E-state index contributed by atoms with van der Waals surface area (Å²) in [5, 5.41) is 14.4. The molecule has 2 aromatic rings. The molecule has 0 radical (unpaired) electrons. The van der Waals surface area contributed by atoms with Crippen LogP contribution in [0.3, 0.4) is 0 Å². The number of anilines is 2. The first-order valence-corrected chi connectivity index (χ1v) is 9.34. The van der Waals surface area contributed by atoms with Crippen LogP contribution in [-0.4, -0.2) is 29.5 Å². The monoisotopic (exact) mass is 371 g/mol. The van der Waals surface area contributed by atoms with Crippen molar-refractivity contribution in [3.8, 4) is 0 Å². The van der Waals surface area contributed by atoms with E-state index in [0.29, 0.717) is 28.9 Å². The molecule has 3 aliphatic rings. The molecule has 1 aliphatic heterocycles. The van der Waals surface area contributed by atoms with Crippen LogP contribution in [0.2, 0.25) is 5.02 Å². The number of hydrogen-bond acceptors (Lipinski definition) is 4. The zero-order valence-corrected chi connectivity index (χ0v) is 14.8. The maximum Gasteiger partial charge on any atom is 0.231 e. The standard InChI is InChI=1S/C20H19ClFN3O/c21-14-3-1-2-4-17(14)25-18-9-12(11-5-6-11)7-8-13(18)19(24-20(25)26)23-16-10-15(16)22/h1-4,7-9,11,15-16,20,26H,5-6,10H2,(H,23,24)/t15-,16+,20?/m0/s1. The maximum atomic E-state index is 13.4. The molecular formula is C20H19ClFN3O. The quantitative estimate of drug-likeness (QED) is 0.854. The second-order valence-electron chi connectivity index (χ2n) is 7.20. The molecule has 6 heteroatoms. The number of halogens is 2. The topological polar surface area (TPSA) is 47.9 Å². The van der Waals surface area contributed by atoms with Gasteiger partial charge in [0.1, 0.15) is 12.0 Å². The fourth-order valence-corrected chi connectivity index (χ4v) is 3.72. The molecule has 2 N–H and O–H groups in total. The van der Waals surface area contributed by atoms with Crippen molar-refractivity contribution in [3.63, 3.8) is 0 Å². The van der Waals surface area contributed by atoms with Crippen LogP contribution < -0.4 is 10.2 Å². The van der Waals surface area contributed by atoms with Gasteiger partial charge in [-0.05, 0) is 48.6 Å². The first-order chi connectivity index (χ1) is 12.6. The highest BCUT2D eigenvalue weighted by Gasteiger charge is 2.40. The fraction of sp³-hybridized carbons (Fsp3) is 0.350. The molecule has 26 heavy (non-hydrogen) atoms. The van der Waals surface area contributed by atoms with Crippen LogP contribution in [0.1, 0.15) is 36.3 Å². The van der Waals surface area contributed by atoms with Gasteiger partial charge in [0.25, 0.3) is 0 Å². The Bertz CT molecular complexity index is 898. The first kappa shape index (κ1) is 16.1. The van der Waals surface area contributed by atoms with Crippen molar-refractivity contribution >= 4 is 28.8 Å². The zero-order valence-electron chi connectivity index (χ0n) is 14.1. The summed E-state index contributed by atoms with van der Waals surface area (Å²) in [5.74, 6) is 1.13. The summed E-state index contributed by atoms with van der Waals surface area (Å²) >= 11 is 6.39. The molecule has 4 nitrogen and oxygen atoms in total. The number of fused-ring (bicyclic) bond motifs is 1. The second kappa shape index (κ2) is 5.96. The van der Waals surface area contributed by atoms with E-state index in [4.69, 9.17) is 11.6 Å². The van der Waals surface area contributed by atoms with Crippen LogP contribution in [0.4, 0.5) is 15.8 Å². The third kappa shape index (κ3) is 2.75. The molecule has 2 aliphatic carbocycles. The third-order valence-electron chi connectivity index (χ3n) is 5.21. The van der Waals surface area contributed by atoms with E-state index in [1.165, 1.54) is 18.4 Å². The van der Waals surface area contributed by atoms with E-state index in [2.05, 4.69) is 22.4 Å². The highest BCUT2D eigenvalue weighted by atomic mass is 35.5. The molecule has 134 valence electrons.